The zero-order chi connectivity index (χ0) is 18.8. The maximum Gasteiger partial charge on any atom is 0.434 e. The van der Waals surface area contributed by atoms with Crippen molar-refractivity contribution < 1.29 is 24.0 Å². The second kappa shape index (κ2) is 7.00. The normalized spacial score (nSPS) is 16.8. The van der Waals surface area contributed by atoms with Crippen LogP contribution in [0, 0.1) is 0 Å². The maximum absolute atomic E-state index is 12.7. The van der Waals surface area contributed by atoms with Crippen molar-refractivity contribution in [1.29, 1.82) is 0 Å². The molecule has 2 rings (SSSR count). The second-order valence-corrected chi connectivity index (χ2v) is 6.92. The number of carbonyl (C=O) groups is 3. The smallest absolute Gasteiger partial charge is 0.434 e. The van der Waals surface area contributed by atoms with E-state index >= 15 is 0 Å². The standard InChI is InChI=1S/C17H23N3O5/c1-17(2,3)24-15(22)18-12-10-11-8-6-7-9-13(11)20(14(12)21)25-16(23)19(4)5/h6-9,12H,10H2,1-5H3,(H,18,22)/t12-/m0/s1. The molecule has 0 saturated carbocycles. The molecule has 0 bridgehead atoms. The quantitative estimate of drug-likeness (QED) is 0.883. The summed E-state index contributed by atoms with van der Waals surface area (Å²) < 4.78 is 5.19. The number of fused-ring (bicyclic) bond motifs is 1. The lowest BCUT2D eigenvalue weighted by Crippen LogP contribution is -2.54. The third-order valence-corrected chi connectivity index (χ3v) is 3.36. The molecular weight excluding hydrogens is 326 g/mol. The summed E-state index contributed by atoms with van der Waals surface area (Å²) in [5.41, 5.74) is 0.566. The molecule has 8 heteroatoms. The Balaban J connectivity index is 2.23. The minimum Gasteiger partial charge on any atom is -0.444 e. The van der Waals surface area contributed by atoms with Gasteiger partial charge in [0.1, 0.15) is 11.6 Å². The first-order chi connectivity index (χ1) is 11.6. The van der Waals surface area contributed by atoms with Gasteiger partial charge >= 0.3 is 12.2 Å². The minimum atomic E-state index is -0.889. The SMILES string of the molecule is CN(C)C(=O)ON1C(=O)[C@@H](NC(=O)OC(C)(C)C)Cc2ccccc21. The fraction of sp³-hybridized carbons (Fsp3) is 0.471. The van der Waals surface area contributed by atoms with E-state index in [0.29, 0.717) is 5.69 Å². The molecule has 25 heavy (non-hydrogen) atoms. The Kier molecular flexibility index (Phi) is 5.20. The van der Waals surface area contributed by atoms with Crippen LogP contribution < -0.4 is 10.4 Å². The summed E-state index contributed by atoms with van der Waals surface area (Å²) in [6.45, 7) is 5.20. The van der Waals surface area contributed by atoms with Crippen molar-refractivity contribution in [3.8, 4) is 0 Å². The molecule has 0 unspecified atom stereocenters. The van der Waals surface area contributed by atoms with E-state index in [0.717, 1.165) is 10.6 Å². The van der Waals surface area contributed by atoms with Gasteiger partial charge < -0.3 is 19.8 Å². The van der Waals surface area contributed by atoms with Crippen molar-refractivity contribution in [3.63, 3.8) is 0 Å². The highest BCUT2D eigenvalue weighted by atomic mass is 16.7. The van der Waals surface area contributed by atoms with Crippen LogP contribution in [0.15, 0.2) is 24.3 Å². The third kappa shape index (κ3) is 4.62. The number of carbonyl (C=O) groups excluding carboxylic acids is 3. The van der Waals surface area contributed by atoms with Crippen LogP contribution >= 0.6 is 0 Å². The van der Waals surface area contributed by atoms with Crippen molar-refractivity contribution in [2.24, 2.45) is 0 Å². The predicted molar refractivity (Wildman–Crippen MR) is 91.0 cm³/mol. The van der Waals surface area contributed by atoms with Gasteiger partial charge in [0.15, 0.2) is 0 Å². The molecule has 8 nitrogen and oxygen atoms in total. The maximum atomic E-state index is 12.7. The third-order valence-electron chi connectivity index (χ3n) is 3.36. The molecule has 0 fully saturated rings. The highest BCUT2D eigenvalue weighted by molar-refractivity contribution is 6.01. The number of amides is 3. The Morgan fingerprint density at radius 1 is 1.24 bits per heavy atom. The molecule has 1 atom stereocenters. The van der Waals surface area contributed by atoms with Crippen molar-refractivity contribution in [2.45, 2.75) is 38.8 Å². The molecule has 3 amide bonds. The first kappa shape index (κ1) is 18.6. The first-order valence-electron chi connectivity index (χ1n) is 7.89. The number of alkyl carbamates (subject to hydrolysis) is 1. The molecule has 0 saturated heterocycles. The largest absolute Gasteiger partial charge is 0.444 e. The molecule has 0 spiro atoms. The van der Waals surface area contributed by atoms with Gasteiger partial charge in [-0.2, -0.15) is 0 Å². The molecule has 136 valence electrons. The van der Waals surface area contributed by atoms with Gasteiger partial charge in [-0.3, -0.25) is 4.79 Å². The van der Waals surface area contributed by atoms with E-state index < -0.39 is 29.7 Å². The molecule has 1 aliphatic heterocycles. The van der Waals surface area contributed by atoms with Crippen LogP contribution in [0.25, 0.3) is 0 Å². The number of hydrogen-bond acceptors (Lipinski definition) is 5. The zero-order valence-electron chi connectivity index (χ0n) is 15.0. The van der Waals surface area contributed by atoms with Gasteiger partial charge in [-0.1, -0.05) is 18.2 Å². The molecule has 1 aromatic carbocycles. The van der Waals surface area contributed by atoms with Crippen molar-refractivity contribution in [2.75, 3.05) is 19.2 Å². The lowest BCUT2D eigenvalue weighted by Gasteiger charge is -2.33. The minimum absolute atomic E-state index is 0.282. The molecule has 0 radical (unpaired) electrons. The van der Waals surface area contributed by atoms with Gasteiger partial charge in [0.2, 0.25) is 0 Å². The number of hydroxylamine groups is 1. The van der Waals surface area contributed by atoms with Crippen molar-refractivity contribution >= 4 is 23.8 Å². The summed E-state index contributed by atoms with van der Waals surface area (Å²) in [5.74, 6) is -0.542. The number of rotatable bonds is 2. The van der Waals surface area contributed by atoms with E-state index in [4.69, 9.17) is 9.57 Å². The van der Waals surface area contributed by atoms with E-state index in [2.05, 4.69) is 5.32 Å². The topological polar surface area (TPSA) is 88.2 Å². The van der Waals surface area contributed by atoms with Gasteiger partial charge in [0.05, 0.1) is 5.69 Å². The van der Waals surface area contributed by atoms with Gasteiger partial charge in [0, 0.05) is 20.5 Å². The van der Waals surface area contributed by atoms with Crippen molar-refractivity contribution in [1.82, 2.24) is 10.2 Å². The summed E-state index contributed by atoms with van der Waals surface area (Å²) in [4.78, 5) is 43.0. The fourth-order valence-electron chi connectivity index (χ4n) is 2.27. The fourth-order valence-corrected chi connectivity index (χ4v) is 2.27. The van der Waals surface area contributed by atoms with Crippen LogP contribution in [0.4, 0.5) is 15.3 Å². The zero-order valence-corrected chi connectivity index (χ0v) is 15.0. The molecule has 0 aliphatic carbocycles. The number of anilines is 1. The Labute approximate surface area is 146 Å². The van der Waals surface area contributed by atoms with Crippen LogP contribution in [0.3, 0.4) is 0 Å². The Morgan fingerprint density at radius 2 is 1.88 bits per heavy atom. The lowest BCUT2D eigenvalue weighted by molar-refractivity contribution is -0.126. The van der Waals surface area contributed by atoms with E-state index in [-0.39, 0.29) is 6.42 Å². The summed E-state index contributed by atoms with van der Waals surface area (Å²) in [6, 6.07) is 6.15. The number of para-hydroxylation sites is 1. The molecule has 0 aromatic heterocycles. The van der Waals surface area contributed by atoms with Crippen LogP contribution in [-0.4, -0.2) is 48.7 Å². The Morgan fingerprint density at radius 3 is 2.48 bits per heavy atom. The van der Waals surface area contributed by atoms with E-state index in [1.54, 1.807) is 32.9 Å². The number of benzene rings is 1. The summed E-state index contributed by atoms with van der Waals surface area (Å²) in [7, 11) is 3.03. The van der Waals surface area contributed by atoms with E-state index in [9.17, 15) is 14.4 Å². The van der Waals surface area contributed by atoms with Crippen LogP contribution in [0.5, 0.6) is 0 Å². The Bertz CT molecular complexity index is 681. The molecule has 1 aliphatic rings. The number of hydrogen-bond donors (Lipinski definition) is 1. The lowest BCUT2D eigenvalue weighted by atomic mass is 9.99. The molecular formula is C17H23N3O5. The van der Waals surface area contributed by atoms with Crippen LogP contribution in [-0.2, 0) is 20.8 Å². The van der Waals surface area contributed by atoms with Crippen LogP contribution in [0.1, 0.15) is 26.3 Å². The van der Waals surface area contributed by atoms with Gasteiger partial charge in [-0.15, -0.1) is 5.06 Å². The molecule has 1 N–H and O–H groups in total. The van der Waals surface area contributed by atoms with Crippen LogP contribution in [0.2, 0.25) is 0 Å². The second-order valence-electron chi connectivity index (χ2n) is 6.92. The molecule has 1 heterocycles. The molecule has 1 aromatic rings. The average Bonchev–Trinajstić information content (AvgIpc) is 2.49. The van der Waals surface area contributed by atoms with E-state index in [1.165, 1.54) is 19.0 Å². The van der Waals surface area contributed by atoms with E-state index in [1.807, 2.05) is 12.1 Å². The summed E-state index contributed by atoms with van der Waals surface area (Å²) in [6.07, 6.45) is -1.12. The summed E-state index contributed by atoms with van der Waals surface area (Å²) in [5, 5.41) is 3.46. The highest BCUT2D eigenvalue weighted by Gasteiger charge is 2.37. The number of ether oxygens (including phenoxy) is 1. The number of nitrogens with one attached hydrogen (secondary N) is 1. The monoisotopic (exact) mass is 349 g/mol. The van der Waals surface area contributed by atoms with Crippen molar-refractivity contribution in [3.05, 3.63) is 29.8 Å². The number of nitrogens with zero attached hydrogens (tertiary/aromatic N) is 2. The van der Waals surface area contributed by atoms with Gasteiger partial charge in [-0.25, -0.2) is 9.59 Å². The average molecular weight is 349 g/mol. The highest BCUT2D eigenvalue weighted by Crippen LogP contribution is 2.28. The van der Waals surface area contributed by atoms with Gasteiger partial charge in [0.25, 0.3) is 5.91 Å². The summed E-state index contributed by atoms with van der Waals surface area (Å²) >= 11 is 0. The predicted octanol–water partition coefficient (Wildman–Crippen LogP) is 2.08. The first-order valence-corrected chi connectivity index (χ1v) is 7.89. The Hall–Kier alpha value is -2.77. The van der Waals surface area contributed by atoms with Gasteiger partial charge in [-0.05, 0) is 32.4 Å².